The third-order valence-corrected chi connectivity index (χ3v) is 3.96. The molecule has 0 aliphatic heterocycles. The van der Waals surface area contributed by atoms with E-state index in [0.717, 1.165) is 5.56 Å². The van der Waals surface area contributed by atoms with E-state index >= 15 is 0 Å². The Morgan fingerprint density at radius 3 is 2.44 bits per heavy atom. The van der Waals surface area contributed by atoms with Gasteiger partial charge in [-0.1, -0.05) is 29.8 Å². The normalized spacial score (nSPS) is 11.6. The van der Waals surface area contributed by atoms with Crippen molar-refractivity contribution in [3.63, 3.8) is 0 Å². The summed E-state index contributed by atoms with van der Waals surface area (Å²) in [6.07, 6.45) is 0. The molecule has 0 aliphatic carbocycles. The lowest BCUT2D eigenvalue weighted by molar-refractivity contribution is -0.115. The number of carbonyl (C=O) groups is 2. The second kappa shape index (κ2) is 9.20. The Balaban J connectivity index is 1.86. The lowest BCUT2D eigenvalue weighted by atomic mass is 10.1. The Bertz CT molecular complexity index is 732. The fraction of sp³-hybridized carbons (Fsp3) is 0.263. The summed E-state index contributed by atoms with van der Waals surface area (Å²) in [6, 6.07) is 14.0. The van der Waals surface area contributed by atoms with Crippen molar-refractivity contribution in [1.82, 2.24) is 5.32 Å². The lowest BCUT2D eigenvalue weighted by Crippen LogP contribution is -2.30. The number of esters is 1. The second-order valence-electron chi connectivity index (χ2n) is 5.47. The van der Waals surface area contributed by atoms with E-state index in [0.29, 0.717) is 22.9 Å². The highest BCUT2D eigenvalue weighted by atomic mass is 35.5. The average molecular weight is 361 g/mol. The van der Waals surface area contributed by atoms with Gasteiger partial charge in [-0.25, -0.2) is 4.79 Å². The third-order valence-electron chi connectivity index (χ3n) is 3.62. The molecule has 6 heteroatoms. The maximum atomic E-state index is 12.1. The minimum atomic E-state index is -0.379. The van der Waals surface area contributed by atoms with Gasteiger partial charge in [0.15, 0.2) is 0 Å². The van der Waals surface area contributed by atoms with Crippen molar-refractivity contribution >= 4 is 29.2 Å². The monoisotopic (exact) mass is 360 g/mol. The largest absolute Gasteiger partial charge is 0.462 e. The molecular formula is C19H21ClN2O3. The summed E-state index contributed by atoms with van der Waals surface area (Å²) in [5.41, 5.74) is 2.01. The molecular weight excluding hydrogens is 340 g/mol. The van der Waals surface area contributed by atoms with Crippen LogP contribution in [-0.2, 0) is 9.53 Å². The minimum absolute atomic E-state index is 0.0503. The van der Waals surface area contributed by atoms with E-state index in [2.05, 4.69) is 10.6 Å². The molecule has 2 N–H and O–H groups in total. The molecule has 5 nitrogen and oxygen atoms in total. The summed E-state index contributed by atoms with van der Waals surface area (Å²) in [5, 5.41) is 6.57. The van der Waals surface area contributed by atoms with Crippen LogP contribution < -0.4 is 10.6 Å². The van der Waals surface area contributed by atoms with Gasteiger partial charge in [0.25, 0.3) is 0 Å². The topological polar surface area (TPSA) is 67.4 Å². The van der Waals surface area contributed by atoms with E-state index in [1.165, 1.54) is 0 Å². The van der Waals surface area contributed by atoms with Gasteiger partial charge in [-0.2, -0.15) is 0 Å². The molecule has 1 amide bonds. The van der Waals surface area contributed by atoms with E-state index in [9.17, 15) is 9.59 Å². The third kappa shape index (κ3) is 5.59. The number of nitrogens with one attached hydrogen (secondary N) is 2. The molecule has 0 spiro atoms. The van der Waals surface area contributed by atoms with Crippen molar-refractivity contribution < 1.29 is 14.3 Å². The SMILES string of the molecule is CCOC(=O)c1ccc(NC(=O)CN[C@@H](C)c2ccccc2Cl)cc1. The number of hydrogen-bond acceptors (Lipinski definition) is 4. The maximum absolute atomic E-state index is 12.1. The summed E-state index contributed by atoms with van der Waals surface area (Å²) in [5.74, 6) is -0.557. The average Bonchev–Trinajstić information content (AvgIpc) is 2.61. The fourth-order valence-corrected chi connectivity index (χ4v) is 2.59. The first-order valence-electron chi connectivity index (χ1n) is 8.06. The number of carbonyl (C=O) groups excluding carboxylic acids is 2. The van der Waals surface area contributed by atoms with Crippen LogP contribution in [-0.4, -0.2) is 25.0 Å². The van der Waals surface area contributed by atoms with Gasteiger partial charge in [-0.15, -0.1) is 0 Å². The zero-order valence-corrected chi connectivity index (χ0v) is 15.0. The molecule has 0 unspecified atom stereocenters. The van der Waals surface area contributed by atoms with Gasteiger partial charge in [0.1, 0.15) is 0 Å². The predicted octanol–water partition coefficient (Wildman–Crippen LogP) is 3.81. The zero-order chi connectivity index (χ0) is 18.2. The molecule has 132 valence electrons. The first-order chi connectivity index (χ1) is 12.0. The van der Waals surface area contributed by atoms with Crippen LogP contribution in [0.4, 0.5) is 5.69 Å². The van der Waals surface area contributed by atoms with Crippen molar-refractivity contribution in [3.05, 3.63) is 64.7 Å². The molecule has 25 heavy (non-hydrogen) atoms. The van der Waals surface area contributed by atoms with Crippen LogP contribution in [0.25, 0.3) is 0 Å². The van der Waals surface area contributed by atoms with Crippen LogP contribution in [0.15, 0.2) is 48.5 Å². The quantitative estimate of drug-likeness (QED) is 0.737. The Kier molecular flexibility index (Phi) is 6.98. The first-order valence-corrected chi connectivity index (χ1v) is 8.44. The number of rotatable bonds is 7. The van der Waals surface area contributed by atoms with Crippen molar-refractivity contribution in [2.75, 3.05) is 18.5 Å². The fourth-order valence-electron chi connectivity index (χ4n) is 2.29. The summed E-state index contributed by atoms with van der Waals surface area (Å²) >= 11 is 6.15. The zero-order valence-electron chi connectivity index (χ0n) is 14.2. The molecule has 0 saturated carbocycles. The molecule has 2 rings (SSSR count). The van der Waals surface area contributed by atoms with Gasteiger partial charge in [0.2, 0.25) is 5.91 Å². The molecule has 1 atom stereocenters. The highest BCUT2D eigenvalue weighted by molar-refractivity contribution is 6.31. The number of hydrogen-bond donors (Lipinski definition) is 2. The Labute approximate surface area is 152 Å². The molecule has 0 saturated heterocycles. The molecule has 2 aromatic carbocycles. The first kappa shape index (κ1) is 19.0. The van der Waals surface area contributed by atoms with Gasteiger partial charge in [0, 0.05) is 16.8 Å². The van der Waals surface area contributed by atoms with Crippen molar-refractivity contribution in [2.24, 2.45) is 0 Å². The molecule has 0 radical (unpaired) electrons. The van der Waals surface area contributed by atoms with Crippen LogP contribution in [0, 0.1) is 0 Å². The Hall–Kier alpha value is -2.37. The number of anilines is 1. The van der Waals surface area contributed by atoms with Crippen molar-refractivity contribution in [3.8, 4) is 0 Å². The molecule has 0 aliphatic rings. The molecule has 0 fully saturated rings. The van der Waals surface area contributed by atoms with Gasteiger partial charge < -0.3 is 15.4 Å². The van der Waals surface area contributed by atoms with Crippen molar-refractivity contribution in [1.29, 1.82) is 0 Å². The maximum Gasteiger partial charge on any atom is 0.338 e. The van der Waals surface area contributed by atoms with Crippen LogP contribution in [0.1, 0.15) is 35.8 Å². The smallest absolute Gasteiger partial charge is 0.338 e. The van der Waals surface area contributed by atoms with Gasteiger partial charge in [-0.05, 0) is 49.7 Å². The highest BCUT2D eigenvalue weighted by Crippen LogP contribution is 2.21. The van der Waals surface area contributed by atoms with Crippen LogP contribution in [0.5, 0.6) is 0 Å². The minimum Gasteiger partial charge on any atom is -0.462 e. The molecule has 0 bridgehead atoms. The summed E-state index contributed by atoms with van der Waals surface area (Å²) in [4.78, 5) is 23.6. The Morgan fingerprint density at radius 2 is 1.80 bits per heavy atom. The van der Waals surface area contributed by atoms with Crippen molar-refractivity contribution in [2.45, 2.75) is 19.9 Å². The number of ether oxygens (including phenoxy) is 1. The Morgan fingerprint density at radius 1 is 1.12 bits per heavy atom. The van der Waals surface area contributed by atoms with E-state index in [1.807, 2.05) is 31.2 Å². The second-order valence-corrected chi connectivity index (χ2v) is 5.88. The van der Waals surface area contributed by atoms with Gasteiger partial charge >= 0.3 is 5.97 Å². The standard InChI is InChI=1S/C19H21ClN2O3/c1-3-25-19(24)14-8-10-15(11-9-14)22-18(23)12-21-13(2)16-6-4-5-7-17(16)20/h4-11,13,21H,3,12H2,1-2H3,(H,22,23)/t13-/m0/s1. The van der Waals surface area contributed by atoms with Crippen LogP contribution in [0.2, 0.25) is 5.02 Å². The summed E-state index contributed by atoms with van der Waals surface area (Å²) < 4.78 is 4.92. The highest BCUT2D eigenvalue weighted by Gasteiger charge is 2.11. The summed E-state index contributed by atoms with van der Waals surface area (Å²) in [7, 11) is 0. The van der Waals surface area contributed by atoms with Crippen LogP contribution >= 0.6 is 11.6 Å². The molecule has 0 heterocycles. The lowest BCUT2D eigenvalue weighted by Gasteiger charge is -2.15. The van der Waals surface area contributed by atoms with Gasteiger partial charge in [0.05, 0.1) is 18.7 Å². The van der Waals surface area contributed by atoms with E-state index in [1.54, 1.807) is 31.2 Å². The molecule has 0 aromatic heterocycles. The number of amides is 1. The van der Waals surface area contributed by atoms with E-state index in [4.69, 9.17) is 16.3 Å². The number of benzene rings is 2. The van der Waals surface area contributed by atoms with Gasteiger partial charge in [-0.3, -0.25) is 4.79 Å². The molecule has 2 aromatic rings. The van der Waals surface area contributed by atoms with Crippen LogP contribution in [0.3, 0.4) is 0 Å². The summed E-state index contributed by atoms with van der Waals surface area (Å²) in [6.45, 7) is 4.17. The predicted molar refractivity (Wildman–Crippen MR) is 98.9 cm³/mol. The van der Waals surface area contributed by atoms with E-state index < -0.39 is 0 Å². The van der Waals surface area contributed by atoms with E-state index in [-0.39, 0.29) is 24.5 Å². The number of halogens is 1.